The van der Waals surface area contributed by atoms with Crippen LogP contribution in [0.15, 0.2) is 23.1 Å². The van der Waals surface area contributed by atoms with Gasteiger partial charge >= 0.3 is 5.25 Å². The maximum atomic E-state index is 13.1. The average Bonchev–Trinajstić information content (AvgIpc) is 2.40. The molecule has 0 N–H and O–H groups in total. The lowest BCUT2D eigenvalue weighted by atomic mass is 10.1. The zero-order valence-corrected chi connectivity index (χ0v) is 8.36. The molecule has 1 atom stereocenters. The second-order valence-electron chi connectivity index (χ2n) is 3.14. The molecule has 0 spiro atoms. The summed E-state index contributed by atoms with van der Waals surface area (Å²) in [5, 5.41) is -4.10. The van der Waals surface area contributed by atoms with Crippen molar-refractivity contribution in [3.05, 3.63) is 29.3 Å². The molecule has 0 aliphatic carbocycles. The van der Waals surface area contributed by atoms with Crippen molar-refractivity contribution in [2.24, 2.45) is 0 Å². The van der Waals surface area contributed by atoms with Crippen LogP contribution in [0.2, 0.25) is 0 Å². The molecule has 0 saturated heterocycles. The van der Waals surface area contributed by atoms with E-state index in [0.717, 1.165) is 18.2 Å². The molecular formula is C9H4F4O2S. The van der Waals surface area contributed by atoms with Gasteiger partial charge in [0, 0.05) is 11.1 Å². The predicted octanol–water partition coefficient (Wildman–Crippen LogP) is 2.52. The fourth-order valence-corrected chi connectivity index (χ4v) is 2.75. The van der Waals surface area contributed by atoms with Crippen molar-refractivity contribution in [3.8, 4) is 0 Å². The Morgan fingerprint density at radius 2 is 1.88 bits per heavy atom. The third kappa shape index (κ3) is 1.31. The molecular weight excluding hydrogens is 248 g/mol. The Labute approximate surface area is 89.7 Å². The summed E-state index contributed by atoms with van der Waals surface area (Å²) in [6.07, 6.45) is -3.04. The third-order valence-electron chi connectivity index (χ3n) is 2.21. The highest BCUT2D eigenvalue weighted by molar-refractivity contribution is 7.87. The number of fused-ring (bicyclic) bond motifs is 1. The summed E-state index contributed by atoms with van der Waals surface area (Å²) in [6.45, 7) is 0. The number of benzene rings is 1. The van der Waals surface area contributed by atoms with E-state index in [-0.39, 0.29) is 0 Å². The number of carbonyl (C=O) groups is 1. The lowest BCUT2D eigenvalue weighted by Crippen LogP contribution is -2.26. The van der Waals surface area contributed by atoms with Gasteiger partial charge in [-0.25, -0.2) is 13.0 Å². The normalized spacial score (nSPS) is 22.6. The summed E-state index contributed by atoms with van der Waals surface area (Å²) in [4.78, 5) is 10.4. The first-order valence-electron chi connectivity index (χ1n) is 4.13. The van der Waals surface area contributed by atoms with Crippen molar-refractivity contribution in [2.75, 3.05) is 0 Å². The number of halogens is 4. The van der Waals surface area contributed by atoms with Crippen molar-refractivity contribution in [2.45, 2.75) is 16.6 Å². The highest BCUT2D eigenvalue weighted by atomic mass is 32.2. The lowest BCUT2D eigenvalue weighted by molar-refractivity contribution is 0.0566. The monoisotopic (exact) mass is 252 g/mol. The second-order valence-corrected chi connectivity index (χ2v) is 4.60. The van der Waals surface area contributed by atoms with Crippen molar-refractivity contribution in [1.82, 2.24) is 0 Å². The van der Waals surface area contributed by atoms with Crippen LogP contribution in [0.4, 0.5) is 17.6 Å². The number of alkyl halides is 4. The van der Waals surface area contributed by atoms with E-state index >= 15 is 0 Å². The van der Waals surface area contributed by atoms with E-state index in [0.29, 0.717) is 0 Å². The van der Waals surface area contributed by atoms with Gasteiger partial charge in [0.05, 0.1) is 4.90 Å². The minimum Gasteiger partial charge on any atom is -0.286 e. The van der Waals surface area contributed by atoms with E-state index in [4.69, 9.17) is 0 Å². The number of Topliss-reactive ketones (excluding diaryl/α,β-unsaturated/α-hetero) is 1. The molecule has 1 aromatic rings. The number of carbonyl (C=O) groups excluding carboxylic acids is 1. The van der Waals surface area contributed by atoms with Gasteiger partial charge in [0.1, 0.15) is 10.8 Å². The van der Waals surface area contributed by atoms with Crippen molar-refractivity contribution in [1.29, 1.82) is 0 Å². The first-order valence-corrected chi connectivity index (χ1v) is 5.28. The summed E-state index contributed by atoms with van der Waals surface area (Å²) in [7, 11) is -3.03. The van der Waals surface area contributed by atoms with Gasteiger partial charge < -0.3 is 0 Å². The molecule has 0 saturated carbocycles. The molecule has 0 amide bonds. The van der Waals surface area contributed by atoms with Gasteiger partial charge in [-0.1, -0.05) is 12.1 Å². The van der Waals surface area contributed by atoms with Gasteiger partial charge in [0.15, 0.2) is 0 Å². The molecule has 86 valence electrons. The molecule has 0 aromatic heterocycles. The fourth-order valence-electron chi connectivity index (χ4n) is 1.48. The fraction of sp³-hybridized carbons (Fsp3) is 0.222. The Bertz CT molecular complexity index is 498. The Morgan fingerprint density at radius 1 is 1.25 bits per heavy atom. The van der Waals surface area contributed by atoms with E-state index in [9.17, 15) is 26.6 Å². The van der Waals surface area contributed by atoms with Crippen LogP contribution in [0.5, 0.6) is 0 Å². The Kier molecular flexibility index (Phi) is 2.37. The topological polar surface area (TPSA) is 34.1 Å². The smallest absolute Gasteiger partial charge is 0.286 e. The van der Waals surface area contributed by atoms with E-state index in [1.807, 2.05) is 0 Å². The molecule has 1 aromatic carbocycles. The molecule has 0 fully saturated rings. The van der Waals surface area contributed by atoms with E-state index in [2.05, 4.69) is 0 Å². The molecule has 1 heterocycles. The SMILES string of the molecule is O=C1c2cccc(C(F)F)c2S(=O)C1(F)F. The van der Waals surface area contributed by atoms with Crippen molar-refractivity contribution < 1.29 is 26.6 Å². The third-order valence-corrected chi connectivity index (χ3v) is 3.69. The van der Waals surface area contributed by atoms with Gasteiger partial charge in [-0.05, 0) is 6.07 Å². The van der Waals surface area contributed by atoms with Crippen LogP contribution in [0.1, 0.15) is 22.3 Å². The number of ketones is 1. The molecule has 2 rings (SSSR count). The van der Waals surface area contributed by atoms with Crippen LogP contribution in [-0.2, 0) is 10.8 Å². The van der Waals surface area contributed by atoms with Gasteiger partial charge in [-0.2, -0.15) is 8.78 Å². The molecule has 1 aliphatic heterocycles. The van der Waals surface area contributed by atoms with Crippen molar-refractivity contribution >= 4 is 16.6 Å². The highest BCUT2D eigenvalue weighted by Gasteiger charge is 2.55. The zero-order chi connectivity index (χ0) is 12.1. The van der Waals surface area contributed by atoms with Crippen LogP contribution < -0.4 is 0 Å². The van der Waals surface area contributed by atoms with E-state index < -0.39 is 44.3 Å². The molecule has 0 bridgehead atoms. The molecule has 7 heteroatoms. The first kappa shape index (κ1) is 11.3. The molecule has 2 nitrogen and oxygen atoms in total. The van der Waals surface area contributed by atoms with Gasteiger partial charge in [-0.3, -0.25) is 4.79 Å². The zero-order valence-electron chi connectivity index (χ0n) is 7.55. The highest BCUT2D eigenvalue weighted by Crippen LogP contribution is 2.42. The second kappa shape index (κ2) is 3.38. The first-order chi connectivity index (χ1) is 7.37. The number of hydrogen-bond acceptors (Lipinski definition) is 2. The Balaban J connectivity index is 2.73. The Morgan fingerprint density at radius 3 is 2.44 bits per heavy atom. The standard InChI is InChI=1S/C9H4F4O2S/c10-8(11)5-3-1-2-4-6(5)16(15)9(12,13)7(4)14/h1-3,8H. The number of rotatable bonds is 1. The summed E-state index contributed by atoms with van der Waals surface area (Å²) < 4.78 is 62.4. The maximum Gasteiger partial charge on any atom is 0.387 e. The van der Waals surface area contributed by atoms with Crippen molar-refractivity contribution in [3.63, 3.8) is 0 Å². The van der Waals surface area contributed by atoms with Crippen LogP contribution >= 0.6 is 0 Å². The van der Waals surface area contributed by atoms with Gasteiger partial charge in [0.25, 0.3) is 6.43 Å². The quantitative estimate of drug-likeness (QED) is 0.720. The predicted molar refractivity (Wildman–Crippen MR) is 47.1 cm³/mol. The van der Waals surface area contributed by atoms with Gasteiger partial charge in [-0.15, -0.1) is 0 Å². The molecule has 1 aliphatic rings. The maximum absolute atomic E-state index is 13.1. The lowest BCUT2D eigenvalue weighted by Gasteiger charge is -2.05. The van der Waals surface area contributed by atoms with E-state index in [1.165, 1.54) is 0 Å². The largest absolute Gasteiger partial charge is 0.387 e. The minimum absolute atomic E-state index is 0.582. The minimum atomic E-state index is -4.10. The Hall–Kier alpha value is -1.24. The molecule has 0 radical (unpaired) electrons. The van der Waals surface area contributed by atoms with Crippen LogP contribution in [-0.4, -0.2) is 15.2 Å². The molecule has 1 unspecified atom stereocenters. The summed E-state index contributed by atoms with van der Waals surface area (Å²) in [5.41, 5.74) is -1.36. The molecule has 16 heavy (non-hydrogen) atoms. The number of hydrogen-bond donors (Lipinski definition) is 0. The van der Waals surface area contributed by atoms with E-state index in [1.54, 1.807) is 0 Å². The summed E-state index contributed by atoms with van der Waals surface area (Å²) >= 11 is 0. The van der Waals surface area contributed by atoms with Gasteiger partial charge in [0.2, 0.25) is 5.78 Å². The van der Waals surface area contributed by atoms with Crippen LogP contribution in [0.25, 0.3) is 0 Å². The van der Waals surface area contributed by atoms with Crippen LogP contribution in [0.3, 0.4) is 0 Å². The van der Waals surface area contributed by atoms with Crippen LogP contribution in [0, 0.1) is 0 Å². The average molecular weight is 252 g/mol. The summed E-state index contributed by atoms with van der Waals surface area (Å²) in [5.74, 6) is -1.66. The summed E-state index contributed by atoms with van der Waals surface area (Å²) in [6, 6.07) is 2.93.